The Morgan fingerprint density at radius 3 is 2.61 bits per heavy atom. The number of benzene rings is 1. The number of hydrogen-bond donors (Lipinski definition) is 2. The zero-order chi connectivity index (χ0) is 13.1. The Kier molecular flexibility index (Phi) is 3.18. The fourth-order valence-electron chi connectivity index (χ4n) is 1.64. The molecular formula is C12H12N2O4. The van der Waals surface area contributed by atoms with Crippen LogP contribution in [0.5, 0.6) is 5.75 Å². The van der Waals surface area contributed by atoms with E-state index in [9.17, 15) is 9.59 Å². The number of carbonyl (C=O) groups is 1. The van der Waals surface area contributed by atoms with Crippen LogP contribution in [0.2, 0.25) is 0 Å². The predicted octanol–water partition coefficient (Wildman–Crippen LogP) is 0.931. The molecule has 0 saturated carbocycles. The van der Waals surface area contributed by atoms with E-state index in [-0.39, 0.29) is 12.2 Å². The Labute approximate surface area is 102 Å². The third-order valence-electron chi connectivity index (χ3n) is 2.52. The topological polar surface area (TPSA) is 84.3 Å². The first kappa shape index (κ1) is 12.0. The van der Waals surface area contributed by atoms with Crippen molar-refractivity contribution in [2.45, 2.75) is 6.54 Å². The number of carboxylic acids is 1. The minimum absolute atomic E-state index is 0.0594. The highest BCUT2D eigenvalue weighted by Crippen LogP contribution is 2.12. The number of aromatic carboxylic acids is 1. The van der Waals surface area contributed by atoms with Crippen LogP contribution in [-0.4, -0.2) is 28.0 Å². The minimum atomic E-state index is -1.14. The van der Waals surface area contributed by atoms with Crippen LogP contribution in [-0.2, 0) is 6.54 Å². The largest absolute Gasteiger partial charge is 0.497 e. The van der Waals surface area contributed by atoms with Crippen molar-refractivity contribution in [2.24, 2.45) is 0 Å². The highest BCUT2D eigenvalue weighted by atomic mass is 16.5. The number of aromatic amines is 1. The molecule has 1 aromatic carbocycles. The molecule has 0 unspecified atom stereocenters. The average molecular weight is 248 g/mol. The van der Waals surface area contributed by atoms with Gasteiger partial charge >= 0.3 is 5.97 Å². The lowest BCUT2D eigenvalue weighted by Gasteiger charge is -2.06. The Bertz CT molecular complexity index is 610. The first-order valence-corrected chi connectivity index (χ1v) is 5.26. The quantitative estimate of drug-likeness (QED) is 0.843. The second kappa shape index (κ2) is 4.79. The molecule has 18 heavy (non-hydrogen) atoms. The van der Waals surface area contributed by atoms with Gasteiger partial charge in [0.1, 0.15) is 11.4 Å². The molecule has 0 aliphatic heterocycles. The maximum Gasteiger partial charge on any atom is 0.354 e. The van der Waals surface area contributed by atoms with Crippen LogP contribution in [0, 0.1) is 0 Å². The molecule has 6 heteroatoms. The van der Waals surface area contributed by atoms with Crippen molar-refractivity contribution in [1.29, 1.82) is 0 Å². The molecule has 0 amide bonds. The van der Waals surface area contributed by atoms with E-state index in [0.29, 0.717) is 0 Å². The summed E-state index contributed by atoms with van der Waals surface area (Å²) in [5.74, 6) is -0.417. The number of nitrogens with zero attached hydrogens (tertiary/aromatic N) is 1. The van der Waals surface area contributed by atoms with Crippen LogP contribution in [0.1, 0.15) is 16.1 Å². The molecule has 0 aliphatic rings. The van der Waals surface area contributed by atoms with Gasteiger partial charge in [-0.3, -0.25) is 14.6 Å². The zero-order valence-corrected chi connectivity index (χ0v) is 9.71. The standard InChI is InChI=1S/C12H12N2O4/c1-18-9-4-2-8(3-5-9)7-14-10(12(16)17)6-11(15)13-14/h2-6H,7H2,1H3,(H,13,15)(H,16,17). The van der Waals surface area contributed by atoms with Crippen LogP contribution in [0.3, 0.4) is 0 Å². The molecule has 6 nitrogen and oxygen atoms in total. The summed E-state index contributed by atoms with van der Waals surface area (Å²) in [7, 11) is 1.57. The molecule has 1 aromatic heterocycles. The predicted molar refractivity (Wildman–Crippen MR) is 64.1 cm³/mol. The summed E-state index contributed by atoms with van der Waals surface area (Å²) in [6, 6.07) is 8.23. The summed E-state index contributed by atoms with van der Waals surface area (Å²) in [4.78, 5) is 22.1. The average Bonchev–Trinajstić information content (AvgIpc) is 2.71. The van der Waals surface area contributed by atoms with E-state index >= 15 is 0 Å². The number of H-pyrrole nitrogens is 1. The molecule has 94 valence electrons. The summed E-state index contributed by atoms with van der Waals surface area (Å²) >= 11 is 0. The van der Waals surface area contributed by atoms with Crippen molar-refractivity contribution >= 4 is 5.97 Å². The van der Waals surface area contributed by atoms with Crippen LogP contribution in [0.4, 0.5) is 0 Å². The molecule has 0 bridgehead atoms. The molecule has 2 rings (SSSR count). The molecule has 0 fully saturated rings. The molecule has 2 aromatic rings. The van der Waals surface area contributed by atoms with E-state index in [2.05, 4.69) is 5.10 Å². The van der Waals surface area contributed by atoms with Crippen LogP contribution in [0.25, 0.3) is 0 Å². The first-order valence-electron chi connectivity index (χ1n) is 5.26. The van der Waals surface area contributed by atoms with Crippen molar-refractivity contribution < 1.29 is 14.6 Å². The number of nitrogens with one attached hydrogen (secondary N) is 1. The van der Waals surface area contributed by atoms with E-state index in [4.69, 9.17) is 9.84 Å². The molecule has 0 aliphatic carbocycles. The van der Waals surface area contributed by atoms with Gasteiger partial charge in [0.25, 0.3) is 5.56 Å². The fraction of sp³-hybridized carbons (Fsp3) is 0.167. The van der Waals surface area contributed by atoms with E-state index in [1.807, 2.05) is 12.1 Å². The molecule has 0 saturated heterocycles. The summed E-state index contributed by atoms with van der Waals surface area (Å²) in [6.45, 7) is 0.286. The maximum absolute atomic E-state index is 11.1. The van der Waals surface area contributed by atoms with Gasteiger partial charge in [0.05, 0.1) is 13.7 Å². The smallest absolute Gasteiger partial charge is 0.354 e. The number of rotatable bonds is 4. The summed E-state index contributed by atoms with van der Waals surface area (Å²) in [5, 5.41) is 11.4. The van der Waals surface area contributed by atoms with Gasteiger partial charge in [-0.15, -0.1) is 0 Å². The van der Waals surface area contributed by atoms with Gasteiger partial charge in [0.2, 0.25) is 0 Å². The second-order valence-corrected chi connectivity index (χ2v) is 3.75. The van der Waals surface area contributed by atoms with Crippen molar-refractivity contribution in [2.75, 3.05) is 7.11 Å². The van der Waals surface area contributed by atoms with Crippen LogP contribution < -0.4 is 10.3 Å². The molecule has 0 atom stereocenters. The second-order valence-electron chi connectivity index (χ2n) is 3.75. The Morgan fingerprint density at radius 2 is 2.06 bits per heavy atom. The molecule has 2 N–H and O–H groups in total. The van der Waals surface area contributed by atoms with E-state index in [0.717, 1.165) is 17.4 Å². The van der Waals surface area contributed by atoms with Crippen molar-refractivity contribution in [1.82, 2.24) is 9.78 Å². The number of carboxylic acid groups (broad SMARTS) is 1. The van der Waals surface area contributed by atoms with Crippen molar-refractivity contribution in [3.8, 4) is 5.75 Å². The normalized spacial score (nSPS) is 10.3. The van der Waals surface area contributed by atoms with Crippen molar-refractivity contribution in [3.63, 3.8) is 0 Å². The molecule has 0 spiro atoms. The minimum Gasteiger partial charge on any atom is -0.497 e. The van der Waals surface area contributed by atoms with E-state index in [1.165, 1.54) is 4.68 Å². The van der Waals surface area contributed by atoms with Gasteiger partial charge in [0, 0.05) is 6.07 Å². The van der Waals surface area contributed by atoms with Gasteiger partial charge in [-0.05, 0) is 17.7 Å². The number of hydrogen-bond acceptors (Lipinski definition) is 3. The van der Waals surface area contributed by atoms with Gasteiger partial charge in [-0.1, -0.05) is 12.1 Å². The summed E-state index contributed by atoms with van der Waals surface area (Å²) < 4.78 is 6.32. The van der Waals surface area contributed by atoms with E-state index < -0.39 is 11.5 Å². The van der Waals surface area contributed by atoms with Crippen LogP contribution in [0.15, 0.2) is 35.1 Å². The monoisotopic (exact) mass is 248 g/mol. The zero-order valence-electron chi connectivity index (χ0n) is 9.71. The maximum atomic E-state index is 11.1. The lowest BCUT2D eigenvalue weighted by molar-refractivity contribution is 0.0684. The lowest BCUT2D eigenvalue weighted by atomic mass is 10.2. The third kappa shape index (κ3) is 2.42. The summed E-state index contributed by atoms with van der Waals surface area (Å²) in [6.07, 6.45) is 0. The van der Waals surface area contributed by atoms with E-state index in [1.54, 1.807) is 19.2 Å². The lowest BCUT2D eigenvalue weighted by Crippen LogP contribution is -2.11. The van der Waals surface area contributed by atoms with Gasteiger partial charge < -0.3 is 9.84 Å². The number of methoxy groups -OCH3 is 1. The fourth-order valence-corrected chi connectivity index (χ4v) is 1.64. The third-order valence-corrected chi connectivity index (χ3v) is 2.52. The van der Waals surface area contributed by atoms with Crippen LogP contribution >= 0.6 is 0 Å². The molecule has 0 radical (unpaired) electrons. The number of aromatic nitrogens is 2. The Morgan fingerprint density at radius 1 is 1.39 bits per heavy atom. The Balaban J connectivity index is 2.27. The van der Waals surface area contributed by atoms with Gasteiger partial charge in [0.15, 0.2) is 0 Å². The summed E-state index contributed by atoms with van der Waals surface area (Å²) in [5.41, 5.74) is 0.377. The SMILES string of the molecule is COc1ccc(Cn2[nH]c(=O)cc2C(=O)O)cc1. The van der Waals surface area contributed by atoms with Crippen molar-refractivity contribution in [3.05, 3.63) is 51.9 Å². The molecule has 1 heterocycles. The highest BCUT2D eigenvalue weighted by Gasteiger charge is 2.11. The highest BCUT2D eigenvalue weighted by molar-refractivity contribution is 5.85. The Hall–Kier alpha value is -2.50. The number of ether oxygens (including phenoxy) is 1. The molecular weight excluding hydrogens is 236 g/mol. The van der Waals surface area contributed by atoms with Gasteiger partial charge in [-0.2, -0.15) is 0 Å². The first-order chi connectivity index (χ1) is 8.60. The van der Waals surface area contributed by atoms with Gasteiger partial charge in [-0.25, -0.2) is 4.79 Å².